The van der Waals surface area contributed by atoms with Gasteiger partial charge in [-0.25, -0.2) is 0 Å². The minimum absolute atomic E-state index is 0.217. The van der Waals surface area contributed by atoms with E-state index >= 15 is 0 Å². The number of morpholine rings is 1. The molecule has 1 saturated carbocycles. The molecule has 0 radical (unpaired) electrons. The lowest BCUT2D eigenvalue weighted by Crippen LogP contribution is -2.49. The van der Waals surface area contributed by atoms with E-state index in [4.69, 9.17) is 4.74 Å². The molecule has 0 unspecified atom stereocenters. The Kier molecular flexibility index (Phi) is 4.75. The van der Waals surface area contributed by atoms with E-state index in [9.17, 15) is 4.79 Å². The molecular weight excluding hydrogens is 252 g/mol. The van der Waals surface area contributed by atoms with Crippen LogP contribution >= 0.6 is 0 Å². The minimum Gasteiger partial charge on any atom is -0.378 e. The molecule has 1 aliphatic carbocycles. The van der Waals surface area contributed by atoms with Crippen LogP contribution in [-0.2, 0) is 9.53 Å². The van der Waals surface area contributed by atoms with Crippen molar-refractivity contribution in [2.24, 2.45) is 10.8 Å². The van der Waals surface area contributed by atoms with E-state index in [1.54, 1.807) is 0 Å². The van der Waals surface area contributed by atoms with Crippen LogP contribution in [0.2, 0.25) is 0 Å². The highest BCUT2D eigenvalue weighted by atomic mass is 16.5. The van der Waals surface area contributed by atoms with E-state index in [-0.39, 0.29) is 5.91 Å². The fourth-order valence-corrected chi connectivity index (χ4v) is 4.15. The average Bonchev–Trinajstić information content (AvgIpc) is 2.33. The molecule has 0 aromatic heterocycles. The van der Waals surface area contributed by atoms with Crippen molar-refractivity contribution in [3.8, 4) is 0 Å². The average molecular weight is 282 g/mol. The summed E-state index contributed by atoms with van der Waals surface area (Å²) < 4.78 is 5.28. The number of carbonyl (C=O) groups excluding carboxylic acids is 1. The second-order valence-corrected chi connectivity index (χ2v) is 7.98. The standard InChI is InChI=1S/C16H30N2O2/c1-15(2)9-13(10-16(3,4)12-15)17-11-14(19)18-5-7-20-8-6-18/h13,17H,5-12H2,1-4H3. The number of hydrogen-bond donors (Lipinski definition) is 1. The van der Waals surface area contributed by atoms with Crippen molar-refractivity contribution >= 4 is 5.91 Å². The van der Waals surface area contributed by atoms with E-state index in [2.05, 4.69) is 33.0 Å². The van der Waals surface area contributed by atoms with Gasteiger partial charge in [0, 0.05) is 19.1 Å². The van der Waals surface area contributed by atoms with Crippen molar-refractivity contribution in [3.05, 3.63) is 0 Å². The highest BCUT2D eigenvalue weighted by molar-refractivity contribution is 5.78. The van der Waals surface area contributed by atoms with E-state index in [1.807, 2.05) is 4.90 Å². The van der Waals surface area contributed by atoms with E-state index in [1.165, 1.54) is 6.42 Å². The largest absolute Gasteiger partial charge is 0.378 e. The van der Waals surface area contributed by atoms with Crippen LogP contribution in [0.25, 0.3) is 0 Å². The molecule has 0 atom stereocenters. The van der Waals surface area contributed by atoms with Crippen molar-refractivity contribution < 1.29 is 9.53 Å². The molecule has 2 fully saturated rings. The number of amides is 1. The van der Waals surface area contributed by atoms with Crippen LogP contribution in [0, 0.1) is 10.8 Å². The van der Waals surface area contributed by atoms with Gasteiger partial charge in [0.1, 0.15) is 0 Å². The molecule has 1 heterocycles. The fourth-order valence-electron chi connectivity index (χ4n) is 4.15. The molecular formula is C16H30N2O2. The van der Waals surface area contributed by atoms with Gasteiger partial charge in [0.15, 0.2) is 0 Å². The van der Waals surface area contributed by atoms with Crippen LogP contribution in [0.4, 0.5) is 0 Å². The maximum atomic E-state index is 12.2. The summed E-state index contributed by atoms with van der Waals surface area (Å²) in [5.41, 5.74) is 0.725. The van der Waals surface area contributed by atoms with Gasteiger partial charge >= 0.3 is 0 Å². The molecule has 20 heavy (non-hydrogen) atoms. The molecule has 4 nitrogen and oxygen atoms in total. The Hall–Kier alpha value is -0.610. The molecule has 0 spiro atoms. The zero-order chi connectivity index (χ0) is 14.8. The Morgan fingerprint density at radius 2 is 1.70 bits per heavy atom. The first-order valence-electron chi connectivity index (χ1n) is 7.86. The van der Waals surface area contributed by atoms with E-state index in [0.29, 0.717) is 36.6 Å². The molecule has 1 saturated heterocycles. The summed E-state index contributed by atoms with van der Waals surface area (Å²) >= 11 is 0. The van der Waals surface area contributed by atoms with Gasteiger partial charge in [0.2, 0.25) is 5.91 Å². The molecule has 1 aliphatic heterocycles. The van der Waals surface area contributed by atoms with Gasteiger partial charge in [-0.3, -0.25) is 4.79 Å². The summed E-state index contributed by atoms with van der Waals surface area (Å²) in [7, 11) is 0. The topological polar surface area (TPSA) is 41.6 Å². The third-order valence-corrected chi connectivity index (χ3v) is 4.46. The van der Waals surface area contributed by atoms with Gasteiger partial charge in [-0.2, -0.15) is 0 Å². The zero-order valence-corrected chi connectivity index (χ0v) is 13.5. The highest BCUT2D eigenvalue weighted by Crippen LogP contribution is 2.45. The summed E-state index contributed by atoms with van der Waals surface area (Å²) in [4.78, 5) is 14.1. The maximum absolute atomic E-state index is 12.2. The Bertz CT molecular complexity index is 330. The van der Waals surface area contributed by atoms with Crippen molar-refractivity contribution in [1.29, 1.82) is 0 Å². The first-order valence-corrected chi connectivity index (χ1v) is 7.86. The van der Waals surface area contributed by atoms with Gasteiger partial charge < -0.3 is 15.0 Å². The van der Waals surface area contributed by atoms with Crippen LogP contribution in [-0.4, -0.2) is 49.7 Å². The van der Waals surface area contributed by atoms with Gasteiger partial charge in [-0.05, 0) is 30.1 Å². The first-order chi connectivity index (χ1) is 9.27. The number of ether oxygens (including phenoxy) is 1. The van der Waals surface area contributed by atoms with E-state index < -0.39 is 0 Å². The fraction of sp³-hybridized carbons (Fsp3) is 0.938. The Morgan fingerprint density at radius 1 is 1.15 bits per heavy atom. The molecule has 0 aromatic carbocycles. The number of nitrogens with zero attached hydrogens (tertiary/aromatic N) is 1. The molecule has 1 N–H and O–H groups in total. The Balaban J connectivity index is 1.82. The van der Waals surface area contributed by atoms with Crippen molar-refractivity contribution in [3.63, 3.8) is 0 Å². The SMILES string of the molecule is CC1(C)CC(NCC(=O)N2CCOCC2)CC(C)(C)C1. The molecule has 2 rings (SSSR count). The zero-order valence-electron chi connectivity index (χ0n) is 13.5. The van der Waals surface area contributed by atoms with Gasteiger partial charge in [-0.15, -0.1) is 0 Å². The molecule has 0 aromatic rings. The second-order valence-electron chi connectivity index (χ2n) is 7.98. The van der Waals surface area contributed by atoms with Gasteiger partial charge in [-0.1, -0.05) is 27.7 Å². The maximum Gasteiger partial charge on any atom is 0.236 e. The third-order valence-electron chi connectivity index (χ3n) is 4.46. The van der Waals surface area contributed by atoms with Gasteiger partial charge in [0.05, 0.1) is 19.8 Å². The predicted octanol–water partition coefficient (Wildman–Crippen LogP) is 2.04. The second kappa shape index (κ2) is 6.02. The number of rotatable bonds is 3. The van der Waals surface area contributed by atoms with Crippen LogP contribution in [0.15, 0.2) is 0 Å². The minimum atomic E-state index is 0.217. The lowest BCUT2D eigenvalue weighted by Gasteiger charge is -2.45. The highest BCUT2D eigenvalue weighted by Gasteiger charge is 2.38. The lowest BCUT2D eigenvalue weighted by molar-refractivity contribution is -0.134. The van der Waals surface area contributed by atoms with Crippen molar-refractivity contribution in [2.75, 3.05) is 32.8 Å². The van der Waals surface area contributed by atoms with Crippen LogP contribution in [0.5, 0.6) is 0 Å². The van der Waals surface area contributed by atoms with Crippen molar-refractivity contribution in [1.82, 2.24) is 10.2 Å². The third kappa shape index (κ3) is 4.45. The summed E-state index contributed by atoms with van der Waals surface area (Å²) in [5, 5.41) is 3.50. The van der Waals surface area contributed by atoms with Crippen LogP contribution in [0.3, 0.4) is 0 Å². The molecule has 116 valence electrons. The quantitative estimate of drug-likeness (QED) is 0.861. The lowest BCUT2D eigenvalue weighted by atomic mass is 9.63. The summed E-state index contributed by atoms with van der Waals surface area (Å²) in [6.45, 7) is 12.7. The molecule has 4 heteroatoms. The normalized spacial score (nSPS) is 26.5. The Labute approximate surface area is 123 Å². The van der Waals surface area contributed by atoms with E-state index in [0.717, 1.165) is 25.9 Å². The first kappa shape index (κ1) is 15.8. The predicted molar refractivity (Wildman–Crippen MR) is 80.6 cm³/mol. The van der Waals surface area contributed by atoms with Crippen LogP contribution < -0.4 is 5.32 Å². The van der Waals surface area contributed by atoms with Gasteiger partial charge in [0.25, 0.3) is 0 Å². The summed E-state index contributed by atoms with van der Waals surface area (Å²) in [5.74, 6) is 0.217. The Morgan fingerprint density at radius 3 is 2.25 bits per heavy atom. The monoisotopic (exact) mass is 282 g/mol. The number of carbonyl (C=O) groups is 1. The van der Waals surface area contributed by atoms with Crippen LogP contribution in [0.1, 0.15) is 47.0 Å². The molecule has 2 aliphatic rings. The van der Waals surface area contributed by atoms with Crippen molar-refractivity contribution in [2.45, 2.75) is 53.0 Å². The summed E-state index contributed by atoms with van der Waals surface area (Å²) in [6.07, 6.45) is 3.58. The molecule has 1 amide bonds. The summed E-state index contributed by atoms with van der Waals surface area (Å²) in [6, 6.07) is 0.457. The number of hydrogen-bond acceptors (Lipinski definition) is 3. The number of nitrogens with one attached hydrogen (secondary N) is 1. The smallest absolute Gasteiger partial charge is 0.236 e. The molecule has 0 bridgehead atoms.